The molecule has 1 aliphatic rings. The molecule has 0 unspecified atom stereocenters. The number of carbonyl (C=O) groups excluding carboxylic acids is 1. The summed E-state index contributed by atoms with van der Waals surface area (Å²) in [5, 5.41) is 15.2. The number of nitrogens with one attached hydrogen (secondary N) is 2. The molecule has 1 aliphatic heterocycles. The van der Waals surface area contributed by atoms with Gasteiger partial charge in [-0.2, -0.15) is 0 Å². The smallest absolute Gasteiger partial charge is 0.237 e. The first-order valence-corrected chi connectivity index (χ1v) is 6.54. The van der Waals surface area contributed by atoms with Crippen LogP contribution in [0.25, 0.3) is 0 Å². The molecule has 20 heavy (non-hydrogen) atoms. The Balaban J connectivity index is 1.92. The Morgan fingerprint density at radius 1 is 1.40 bits per heavy atom. The summed E-state index contributed by atoms with van der Waals surface area (Å²) in [6.45, 7) is 0.877. The molecule has 2 rings (SSSR count). The maximum absolute atomic E-state index is 11.9. The lowest BCUT2D eigenvalue weighted by molar-refractivity contribution is -0.123. The third kappa shape index (κ3) is 3.40. The second-order valence-corrected chi connectivity index (χ2v) is 4.76. The molecule has 1 fully saturated rings. The van der Waals surface area contributed by atoms with Gasteiger partial charge in [0.05, 0.1) is 26.4 Å². The largest absolute Gasteiger partial charge is 0.493 e. The summed E-state index contributed by atoms with van der Waals surface area (Å²) < 4.78 is 10.4. The summed E-state index contributed by atoms with van der Waals surface area (Å²) in [5.74, 6) is 1.19. The number of hydrogen-bond acceptors (Lipinski definition) is 5. The molecular weight excluding hydrogens is 260 g/mol. The van der Waals surface area contributed by atoms with E-state index >= 15 is 0 Å². The van der Waals surface area contributed by atoms with Crippen LogP contribution in [0.5, 0.6) is 11.5 Å². The maximum Gasteiger partial charge on any atom is 0.237 e. The quantitative estimate of drug-likeness (QED) is 0.710. The van der Waals surface area contributed by atoms with Gasteiger partial charge >= 0.3 is 0 Å². The molecule has 110 valence electrons. The summed E-state index contributed by atoms with van der Waals surface area (Å²) >= 11 is 0. The Kier molecular flexibility index (Phi) is 4.81. The monoisotopic (exact) mass is 280 g/mol. The van der Waals surface area contributed by atoms with E-state index in [0.717, 1.165) is 5.56 Å². The van der Waals surface area contributed by atoms with Gasteiger partial charge in [0, 0.05) is 13.1 Å². The Morgan fingerprint density at radius 2 is 2.15 bits per heavy atom. The fourth-order valence-corrected chi connectivity index (χ4v) is 2.22. The van der Waals surface area contributed by atoms with Gasteiger partial charge in [0.25, 0.3) is 0 Å². The average molecular weight is 280 g/mol. The molecular formula is C14H20N2O4. The van der Waals surface area contributed by atoms with E-state index in [-0.39, 0.29) is 11.9 Å². The van der Waals surface area contributed by atoms with Crippen molar-refractivity contribution >= 4 is 5.91 Å². The van der Waals surface area contributed by atoms with Crippen LogP contribution in [0, 0.1) is 0 Å². The van der Waals surface area contributed by atoms with Crippen molar-refractivity contribution < 1.29 is 19.4 Å². The standard InChI is InChI=1S/C14H20N2O4/c1-19-12-4-3-9(5-13(12)20-2)7-16-14(18)11-6-10(17)8-15-11/h3-5,10-11,15,17H,6-8H2,1-2H3,(H,16,18)/t10-,11+/m0/s1. The van der Waals surface area contributed by atoms with Crippen LogP contribution in [-0.2, 0) is 11.3 Å². The third-order valence-electron chi connectivity index (χ3n) is 3.34. The number of methoxy groups -OCH3 is 2. The number of aliphatic hydroxyl groups excluding tert-OH is 1. The van der Waals surface area contributed by atoms with Gasteiger partial charge in [-0.15, -0.1) is 0 Å². The van der Waals surface area contributed by atoms with E-state index in [1.807, 2.05) is 12.1 Å². The van der Waals surface area contributed by atoms with Crippen molar-refractivity contribution in [1.82, 2.24) is 10.6 Å². The molecule has 0 saturated carbocycles. The molecule has 1 saturated heterocycles. The van der Waals surface area contributed by atoms with E-state index in [0.29, 0.717) is 31.0 Å². The van der Waals surface area contributed by atoms with E-state index in [1.54, 1.807) is 20.3 Å². The summed E-state index contributed by atoms with van der Waals surface area (Å²) in [6, 6.07) is 5.19. The van der Waals surface area contributed by atoms with Gasteiger partial charge in [0.2, 0.25) is 5.91 Å². The van der Waals surface area contributed by atoms with Gasteiger partial charge in [-0.05, 0) is 24.1 Å². The Morgan fingerprint density at radius 3 is 2.75 bits per heavy atom. The van der Waals surface area contributed by atoms with Gasteiger partial charge in [-0.25, -0.2) is 0 Å². The maximum atomic E-state index is 11.9. The molecule has 6 heteroatoms. The second-order valence-electron chi connectivity index (χ2n) is 4.76. The first kappa shape index (κ1) is 14.6. The predicted molar refractivity (Wildman–Crippen MR) is 73.8 cm³/mol. The minimum absolute atomic E-state index is 0.101. The number of ether oxygens (including phenoxy) is 2. The summed E-state index contributed by atoms with van der Waals surface area (Å²) in [5.41, 5.74) is 0.926. The van der Waals surface area contributed by atoms with E-state index in [9.17, 15) is 9.90 Å². The normalized spacial score (nSPS) is 21.6. The van der Waals surface area contributed by atoms with Crippen LogP contribution < -0.4 is 20.1 Å². The SMILES string of the molecule is COc1ccc(CNC(=O)[C@H]2C[C@H](O)CN2)cc1OC. The van der Waals surface area contributed by atoms with Crippen molar-refractivity contribution in [1.29, 1.82) is 0 Å². The van der Waals surface area contributed by atoms with Crippen molar-refractivity contribution in [3.05, 3.63) is 23.8 Å². The minimum Gasteiger partial charge on any atom is -0.493 e. The topological polar surface area (TPSA) is 79.8 Å². The molecule has 3 N–H and O–H groups in total. The van der Waals surface area contributed by atoms with Crippen LogP contribution in [0.1, 0.15) is 12.0 Å². The highest BCUT2D eigenvalue weighted by Crippen LogP contribution is 2.27. The molecule has 0 radical (unpaired) electrons. The zero-order valence-electron chi connectivity index (χ0n) is 11.7. The van der Waals surface area contributed by atoms with Crippen LogP contribution in [0.4, 0.5) is 0 Å². The second kappa shape index (κ2) is 6.58. The Bertz CT molecular complexity index is 478. The fourth-order valence-electron chi connectivity index (χ4n) is 2.22. The number of rotatable bonds is 5. The van der Waals surface area contributed by atoms with Crippen LogP contribution in [-0.4, -0.2) is 43.9 Å². The molecule has 0 aromatic heterocycles. The van der Waals surface area contributed by atoms with Gasteiger partial charge in [0.15, 0.2) is 11.5 Å². The molecule has 1 heterocycles. The van der Waals surface area contributed by atoms with E-state index < -0.39 is 6.10 Å². The Hall–Kier alpha value is -1.79. The lowest BCUT2D eigenvalue weighted by Gasteiger charge is -2.13. The highest BCUT2D eigenvalue weighted by molar-refractivity contribution is 5.82. The zero-order chi connectivity index (χ0) is 14.5. The lowest BCUT2D eigenvalue weighted by Crippen LogP contribution is -2.39. The van der Waals surface area contributed by atoms with Crippen LogP contribution in [0.15, 0.2) is 18.2 Å². The van der Waals surface area contributed by atoms with Crippen molar-refractivity contribution in [3.63, 3.8) is 0 Å². The van der Waals surface area contributed by atoms with Gasteiger partial charge in [0.1, 0.15) is 0 Å². The van der Waals surface area contributed by atoms with E-state index in [4.69, 9.17) is 9.47 Å². The summed E-state index contributed by atoms with van der Waals surface area (Å²) in [6.07, 6.45) is 0.0180. The first-order valence-electron chi connectivity index (χ1n) is 6.54. The molecule has 0 aliphatic carbocycles. The summed E-state index contributed by atoms with van der Waals surface area (Å²) in [4.78, 5) is 11.9. The zero-order valence-corrected chi connectivity index (χ0v) is 11.7. The number of hydrogen-bond donors (Lipinski definition) is 3. The fraction of sp³-hybridized carbons (Fsp3) is 0.500. The van der Waals surface area contributed by atoms with Crippen LogP contribution in [0.3, 0.4) is 0 Å². The number of benzene rings is 1. The molecule has 0 spiro atoms. The van der Waals surface area contributed by atoms with Gasteiger partial charge in [-0.1, -0.05) is 6.07 Å². The number of carbonyl (C=O) groups is 1. The number of amides is 1. The molecule has 1 aromatic rings. The Labute approximate surface area is 118 Å². The highest BCUT2D eigenvalue weighted by Gasteiger charge is 2.27. The average Bonchev–Trinajstić information content (AvgIpc) is 2.91. The van der Waals surface area contributed by atoms with Crippen LogP contribution >= 0.6 is 0 Å². The lowest BCUT2D eigenvalue weighted by atomic mass is 10.1. The van der Waals surface area contributed by atoms with Crippen molar-refractivity contribution in [2.24, 2.45) is 0 Å². The molecule has 6 nitrogen and oxygen atoms in total. The van der Waals surface area contributed by atoms with Crippen molar-refractivity contribution in [2.75, 3.05) is 20.8 Å². The first-order chi connectivity index (χ1) is 9.63. The molecule has 1 aromatic carbocycles. The highest BCUT2D eigenvalue weighted by atomic mass is 16.5. The number of aliphatic hydroxyl groups is 1. The summed E-state index contributed by atoms with van der Waals surface area (Å²) in [7, 11) is 3.15. The van der Waals surface area contributed by atoms with Gasteiger partial charge in [-0.3, -0.25) is 4.79 Å². The van der Waals surface area contributed by atoms with Crippen LogP contribution in [0.2, 0.25) is 0 Å². The van der Waals surface area contributed by atoms with Gasteiger partial charge < -0.3 is 25.2 Å². The molecule has 2 atom stereocenters. The van der Waals surface area contributed by atoms with Crippen molar-refractivity contribution in [3.8, 4) is 11.5 Å². The van der Waals surface area contributed by atoms with Crippen molar-refractivity contribution in [2.45, 2.75) is 25.1 Å². The third-order valence-corrected chi connectivity index (χ3v) is 3.34. The minimum atomic E-state index is -0.438. The predicted octanol–water partition coefficient (Wildman–Crippen LogP) is 0.0428. The molecule has 1 amide bonds. The number of β-amino-alcohol motifs (C(OH)–C–C–N with tert-alkyl or cyclic N) is 1. The van der Waals surface area contributed by atoms with E-state index in [2.05, 4.69) is 10.6 Å². The molecule has 0 bridgehead atoms. The van der Waals surface area contributed by atoms with E-state index in [1.165, 1.54) is 0 Å².